The van der Waals surface area contributed by atoms with Crippen LogP contribution in [0.4, 0.5) is 11.4 Å². The third kappa shape index (κ3) is 3.43. The van der Waals surface area contributed by atoms with Gasteiger partial charge in [-0.2, -0.15) is 0 Å². The van der Waals surface area contributed by atoms with Crippen LogP contribution in [0.25, 0.3) is 0 Å². The van der Waals surface area contributed by atoms with Crippen LogP contribution in [0.15, 0.2) is 72.8 Å². The van der Waals surface area contributed by atoms with Crippen LogP contribution in [0.1, 0.15) is 44.4 Å². The maximum Gasteiger partial charge on any atom is 0.339 e. The molecule has 2 aliphatic rings. The molecule has 0 radical (unpaired) electrons. The average molecular weight is 426 g/mol. The van der Waals surface area contributed by atoms with Crippen LogP contribution in [0.5, 0.6) is 0 Å². The van der Waals surface area contributed by atoms with Crippen molar-refractivity contribution in [3.8, 4) is 0 Å². The lowest BCUT2D eigenvalue weighted by atomic mass is 9.93. The van der Waals surface area contributed by atoms with Crippen molar-refractivity contribution in [1.82, 2.24) is 0 Å². The normalized spacial score (nSPS) is 17.8. The minimum atomic E-state index is -0.383. The number of carbonyl (C=O) groups excluding carboxylic acids is 3. The minimum absolute atomic E-state index is 0.0355. The van der Waals surface area contributed by atoms with Gasteiger partial charge in [0.2, 0.25) is 5.91 Å². The van der Waals surface area contributed by atoms with E-state index < -0.39 is 0 Å². The molecule has 0 N–H and O–H groups in total. The van der Waals surface area contributed by atoms with Gasteiger partial charge in [-0.1, -0.05) is 42.5 Å². The van der Waals surface area contributed by atoms with E-state index >= 15 is 0 Å². The quantitative estimate of drug-likeness (QED) is 0.578. The Balaban J connectivity index is 1.49. The zero-order chi connectivity index (χ0) is 22.2. The summed E-state index contributed by atoms with van der Waals surface area (Å²) in [7, 11) is 1.73. The number of benzene rings is 3. The van der Waals surface area contributed by atoms with Crippen molar-refractivity contribution in [3.05, 3.63) is 95.1 Å². The number of cyclic esters (lactones) is 1. The monoisotopic (exact) mass is 426 g/mol. The Kier molecular flexibility index (Phi) is 4.98. The second kappa shape index (κ2) is 7.96. The molecular weight excluding hydrogens is 404 g/mol. The number of esters is 1. The molecule has 6 heteroatoms. The van der Waals surface area contributed by atoms with Crippen LogP contribution < -0.4 is 9.80 Å². The highest BCUT2D eigenvalue weighted by molar-refractivity contribution is 6.11. The summed E-state index contributed by atoms with van der Waals surface area (Å²) in [6, 6.07) is 22.1. The highest BCUT2D eigenvalue weighted by atomic mass is 16.5. The summed E-state index contributed by atoms with van der Waals surface area (Å²) in [5.41, 5.74) is 4.08. The molecule has 0 bridgehead atoms. The molecule has 3 aromatic carbocycles. The van der Waals surface area contributed by atoms with Gasteiger partial charge in [0.1, 0.15) is 6.10 Å². The van der Waals surface area contributed by atoms with E-state index in [4.69, 9.17) is 4.74 Å². The molecule has 0 saturated carbocycles. The number of anilines is 2. The zero-order valence-electron chi connectivity index (χ0n) is 17.7. The Morgan fingerprint density at radius 1 is 0.938 bits per heavy atom. The largest absolute Gasteiger partial charge is 0.454 e. The number of carbonyl (C=O) groups is 3. The maximum atomic E-state index is 13.5. The fourth-order valence-corrected chi connectivity index (χ4v) is 4.36. The predicted octanol–water partition coefficient (Wildman–Crippen LogP) is 4.15. The van der Waals surface area contributed by atoms with E-state index in [2.05, 4.69) is 0 Å². The van der Waals surface area contributed by atoms with Crippen LogP contribution >= 0.6 is 0 Å². The third-order valence-corrected chi connectivity index (χ3v) is 6.10. The number of para-hydroxylation sites is 2. The molecular formula is C26H22N2O4. The Hall–Kier alpha value is -3.93. The van der Waals surface area contributed by atoms with Crippen molar-refractivity contribution in [2.75, 3.05) is 23.4 Å². The van der Waals surface area contributed by atoms with E-state index in [0.717, 1.165) is 11.1 Å². The molecule has 3 aromatic rings. The Morgan fingerprint density at radius 2 is 1.66 bits per heavy atom. The lowest BCUT2D eigenvalue weighted by molar-refractivity contribution is -0.118. The fourth-order valence-electron chi connectivity index (χ4n) is 4.36. The summed E-state index contributed by atoms with van der Waals surface area (Å²) < 4.78 is 5.62. The first-order valence-corrected chi connectivity index (χ1v) is 10.6. The van der Waals surface area contributed by atoms with Gasteiger partial charge < -0.3 is 14.5 Å². The summed E-state index contributed by atoms with van der Waals surface area (Å²) in [4.78, 5) is 41.8. The number of amides is 2. The number of hydrogen-bond donors (Lipinski definition) is 0. The van der Waals surface area contributed by atoms with Gasteiger partial charge in [-0.3, -0.25) is 9.59 Å². The smallest absolute Gasteiger partial charge is 0.339 e. The van der Waals surface area contributed by atoms with Gasteiger partial charge >= 0.3 is 5.97 Å². The molecule has 6 nitrogen and oxygen atoms in total. The van der Waals surface area contributed by atoms with Crippen molar-refractivity contribution in [1.29, 1.82) is 0 Å². The molecule has 0 aromatic heterocycles. The first-order valence-electron chi connectivity index (χ1n) is 10.6. The summed E-state index contributed by atoms with van der Waals surface area (Å²) in [6.07, 6.45) is 0.362. The summed E-state index contributed by atoms with van der Waals surface area (Å²) in [5, 5.41) is 0. The number of hydrogen-bond acceptors (Lipinski definition) is 4. The lowest BCUT2D eigenvalue weighted by Crippen LogP contribution is -2.32. The molecule has 160 valence electrons. The van der Waals surface area contributed by atoms with E-state index in [0.29, 0.717) is 35.5 Å². The molecule has 0 saturated heterocycles. The van der Waals surface area contributed by atoms with Crippen LogP contribution in [0.2, 0.25) is 0 Å². The zero-order valence-corrected chi connectivity index (χ0v) is 17.7. The molecule has 2 amide bonds. The van der Waals surface area contributed by atoms with Crippen molar-refractivity contribution < 1.29 is 19.1 Å². The van der Waals surface area contributed by atoms with Crippen molar-refractivity contribution in [3.63, 3.8) is 0 Å². The predicted molar refractivity (Wildman–Crippen MR) is 121 cm³/mol. The molecule has 0 fully saturated rings. The van der Waals surface area contributed by atoms with Gasteiger partial charge in [0.05, 0.1) is 16.9 Å². The molecule has 0 aliphatic carbocycles. The van der Waals surface area contributed by atoms with Gasteiger partial charge in [0, 0.05) is 32.0 Å². The second-order valence-electron chi connectivity index (χ2n) is 8.03. The van der Waals surface area contributed by atoms with E-state index in [1.54, 1.807) is 35.0 Å². The van der Waals surface area contributed by atoms with Gasteiger partial charge in [-0.25, -0.2) is 4.79 Å². The van der Waals surface area contributed by atoms with E-state index in [1.807, 2.05) is 54.6 Å². The van der Waals surface area contributed by atoms with Gasteiger partial charge in [0.15, 0.2) is 0 Å². The number of rotatable bonds is 2. The van der Waals surface area contributed by atoms with E-state index in [1.165, 1.54) is 0 Å². The summed E-state index contributed by atoms with van der Waals surface area (Å²) >= 11 is 0. The van der Waals surface area contributed by atoms with Crippen molar-refractivity contribution >= 4 is 29.2 Å². The van der Waals surface area contributed by atoms with Gasteiger partial charge in [-0.15, -0.1) is 0 Å². The second-order valence-corrected chi connectivity index (χ2v) is 8.03. The van der Waals surface area contributed by atoms with E-state index in [9.17, 15) is 14.4 Å². The molecule has 5 rings (SSSR count). The molecule has 0 spiro atoms. The summed E-state index contributed by atoms with van der Waals surface area (Å²) in [6.45, 7) is 0.296. The first-order chi connectivity index (χ1) is 15.5. The van der Waals surface area contributed by atoms with Crippen molar-refractivity contribution in [2.24, 2.45) is 0 Å². The molecule has 2 heterocycles. The molecule has 1 unspecified atom stereocenters. The standard InChI is InChI=1S/C26H22N2O4/c1-27-21-9-5-6-10-22(21)28(14-13-24(27)29)25(30)18-11-12-20-19(15-18)16-23(32-26(20)31)17-7-3-2-4-8-17/h2-12,15,23H,13-14,16H2,1H3. The van der Waals surface area contributed by atoms with Crippen LogP contribution in [0.3, 0.4) is 0 Å². The maximum absolute atomic E-state index is 13.5. The highest BCUT2D eigenvalue weighted by Gasteiger charge is 2.31. The molecule has 1 atom stereocenters. The number of fused-ring (bicyclic) bond motifs is 2. The number of nitrogens with zero attached hydrogens (tertiary/aromatic N) is 2. The number of ether oxygens (including phenoxy) is 1. The van der Waals surface area contributed by atoms with Crippen LogP contribution in [-0.2, 0) is 16.0 Å². The Labute approximate surface area is 186 Å². The van der Waals surface area contributed by atoms with E-state index in [-0.39, 0.29) is 30.3 Å². The first kappa shape index (κ1) is 20.0. The lowest BCUT2D eigenvalue weighted by Gasteiger charge is -2.27. The topological polar surface area (TPSA) is 66.9 Å². The molecule has 32 heavy (non-hydrogen) atoms. The Bertz CT molecular complexity index is 1220. The van der Waals surface area contributed by atoms with Gasteiger partial charge in [-0.05, 0) is 41.5 Å². The molecule has 2 aliphatic heterocycles. The summed E-state index contributed by atoms with van der Waals surface area (Å²) in [5.74, 6) is -0.614. The fraction of sp³-hybridized carbons (Fsp3) is 0.192. The van der Waals surface area contributed by atoms with Crippen LogP contribution in [-0.4, -0.2) is 31.4 Å². The Morgan fingerprint density at radius 3 is 2.44 bits per heavy atom. The highest BCUT2D eigenvalue weighted by Crippen LogP contribution is 2.34. The van der Waals surface area contributed by atoms with Gasteiger partial charge in [0.25, 0.3) is 5.91 Å². The average Bonchev–Trinajstić information content (AvgIpc) is 2.95. The minimum Gasteiger partial charge on any atom is -0.454 e. The van der Waals surface area contributed by atoms with Crippen molar-refractivity contribution in [2.45, 2.75) is 18.9 Å². The third-order valence-electron chi connectivity index (χ3n) is 6.10. The van der Waals surface area contributed by atoms with Crippen LogP contribution in [0, 0.1) is 0 Å². The SMILES string of the molecule is CN1C(=O)CCN(C(=O)c2ccc3c(c2)CC(c2ccccc2)OC3=O)c2ccccc21.